The smallest absolute Gasteiger partial charge is 0.234 e. The Hall–Kier alpha value is -3.59. The molecule has 0 atom stereocenters. The van der Waals surface area contributed by atoms with Gasteiger partial charge in [-0.15, -0.1) is 10.2 Å². The first kappa shape index (κ1) is 20.7. The number of rotatable bonds is 6. The van der Waals surface area contributed by atoms with Crippen molar-refractivity contribution in [1.29, 1.82) is 0 Å². The lowest BCUT2D eigenvalue weighted by atomic mass is 10.1. The van der Waals surface area contributed by atoms with E-state index >= 15 is 0 Å². The topological polar surface area (TPSA) is 115 Å². The van der Waals surface area contributed by atoms with Crippen LogP contribution in [0, 0.1) is 20.8 Å². The number of nitrogens with two attached hydrogens (primary N) is 1. The van der Waals surface area contributed by atoms with Crippen molar-refractivity contribution in [3.63, 3.8) is 0 Å². The van der Waals surface area contributed by atoms with E-state index in [9.17, 15) is 4.79 Å². The third kappa shape index (κ3) is 4.46. The van der Waals surface area contributed by atoms with Gasteiger partial charge in [0.15, 0.2) is 0 Å². The Kier molecular flexibility index (Phi) is 5.77. The molecule has 0 aliphatic carbocycles. The van der Waals surface area contributed by atoms with Gasteiger partial charge in [0, 0.05) is 11.3 Å². The molecule has 158 valence electrons. The molecule has 4 aromatic rings. The number of anilines is 1. The molecule has 0 aliphatic rings. The van der Waals surface area contributed by atoms with Crippen molar-refractivity contribution < 1.29 is 4.79 Å². The first-order valence-electron chi connectivity index (χ1n) is 9.74. The number of aryl methyl sites for hydroxylation is 2. The minimum Gasteiger partial charge on any atom is -0.335 e. The third-order valence-electron chi connectivity index (χ3n) is 5.04. The predicted molar refractivity (Wildman–Crippen MR) is 123 cm³/mol. The highest BCUT2D eigenvalue weighted by Crippen LogP contribution is 2.25. The highest BCUT2D eigenvalue weighted by molar-refractivity contribution is 7.99. The van der Waals surface area contributed by atoms with Crippen LogP contribution in [0.15, 0.2) is 53.7 Å². The average molecular weight is 434 g/mol. The summed E-state index contributed by atoms with van der Waals surface area (Å²) in [6.45, 7) is 6.03. The Morgan fingerprint density at radius 1 is 1.13 bits per heavy atom. The summed E-state index contributed by atoms with van der Waals surface area (Å²) >= 11 is 1.22. The van der Waals surface area contributed by atoms with Crippen LogP contribution in [0.2, 0.25) is 0 Å². The van der Waals surface area contributed by atoms with Crippen molar-refractivity contribution in [2.75, 3.05) is 16.9 Å². The summed E-state index contributed by atoms with van der Waals surface area (Å²) in [7, 11) is 0. The molecule has 0 radical (unpaired) electrons. The van der Waals surface area contributed by atoms with E-state index in [0.29, 0.717) is 16.7 Å². The van der Waals surface area contributed by atoms with Crippen LogP contribution in [0.3, 0.4) is 0 Å². The number of carbonyl (C=O) groups is 1. The average Bonchev–Trinajstić information content (AvgIpc) is 3.37. The summed E-state index contributed by atoms with van der Waals surface area (Å²) in [5.74, 6) is 6.66. The summed E-state index contributed by atoms with van der Waals surface area (Å²) in [6.07, 6.45) is 0. The van der Waals surface area contributed by atoms with E-state index in [-0.39, 0.29) is 11.7 Å². The Bertz CT molecular complexity index is 1230. The molecule has 0 saturated heterocycles. The quantitative estimate of drug-likeness (QED) is 0.315. The molecule has 0 saturated carbocycles. The van der Waals surface area contributed by atoms with Gasteiger partial charge < -0.3 is 11.2 Å². The van der Waals surface area contributed by atoms with Gasteiger partial charge in [-0.2, -0.15) is 5.10 Å². The first-order chi connectivity index (χ1) is 14.9. The molecule has 31 heavy (non-hydrogen) atoms. The number of nitrogens with one attached hydrogen (secondary N) is 2. The number of thioether (sulfide) groups is 1. The molecule has 2 aromatic heterocycles. The molecule has 9 heteroatoms. The fourth-order valence-electron chi connectivity index (χ4n) is 3.07. The third-order valence-corrected chi connectivity index (χ3v) is 5.98. The number of nitrogen functional groups attached to an aromatic ring is 1. The number of H-pyrrole nitrogens is 1. The lowest BCUT2D eigenvalue weighted by Crippen LogP contribution is -2.17. The SMILES string of the molecule is Cc1ccc(-c2cc(-c3nnc(SCC(=O)Nc4cccc(C)c4C)n3N)[nH]n2)cc1. The Labute approximate surface area is 184 Å². The van der Waals surface area contributed by atoms with E-state index in [4.69, 9.17) is 5.84 Å². The molecule has 4 rings (SSSR count). The van der Waals surface area contributed by atoms with Crippen molar-refractivity contribution in [2.45, 2.75) is 25.9 Å². The minimum absolute atomic E-state index is 0.133. The summed E-state index contributed by atoms with van der Waals surface area (Å²) in [6, 6.07) is 15.8. The predicted octanol–water partition coefficient (Wildman–Crippen LogP) is 3.71. The van der Waals surface area contributed by atoms with Gasteiger partial charge in [0.1, 0.15) is 5.69 Å². The number of nitrogens with zero attached hydrogens (tertiary/aromatic N) is 4. The van der Waals surface area contributed by atoms with E-state index < -0.39 is 0 Å². The molecule has 4 N–H and O–H groups in total. The largest absolute Gasteiger partial charge is 0.335 e. The molecule has 0 fully saturated rings. The van der Waals surface area contributed by atoms with Gasteiger partial charge in [-0.1, -0.05) is 53.7 Å². The fraction of sp³-hybridized carbons (Fsp3) is 0.182. The second kappa shape index (κ2) is 8.65. The summed E-state index contributed by atoms with van der Waals surface area (Å²) in [5.41, 5.74) is 6.60. The van der Waals surface area contributed by atoms with Gasteiger partial charge in [-0.25, -0.2) is 4.68 Å². The summed E-state index contributed by atoms with van der Waals surface area (Å²) < 4.78 is 1.36. The van der Waals surface area contributed by atoms with Gasteiger partial charge in [0.05, 0.1) is 11.4 Å². The van der Waals surface area contributed by atoms with Crippen LogP contribution in [0.1, 0.15) is 16.7 Å². The van der Waals surface area contributed by atoms with Crippen LogP contribution in [0.25, 0.3) is 22.8 Å². The molecular formula is C22H23N7OS. The lowest BCUT2D eigenvalue weighted by Gasteiger charge is -2.10. The number of aromatic amines is 1. The van der Waals surface area contributed by atoms with Gasteiger partial charge >= 0.3 is 0 Å². The van der Waals surface area contributed by atoms with E-state index in [1.807, 2.05) is 69.3 Å². The van der Waals surface area contributed by atoms with Crippen LogP contribution >= 0.6 is 11.8 Å². The normalized spacial score (nSPS) is 10.9. The van der Waals surface area contributed by atoms with Gasteiger partial charge in [0.2, 0.25) is 16.9 Å². The molecule has 2 aromatic carbocycles. The van der Waals surface area contributed by atoms with Crippen molar-refractivity contribution in [3.8, 4) is 22.8 Å². The Morgan fingerprint density at radius 2 is 1.90 bits per heavy atom. The van der Waals surface area contributed by atoms with E-state index in [1.54, 1.807) is 0 Å². The summed E-state index contributed by atoms with van der Waals surface area (Å²) in [4.78, 5) is 12.4. The second-order valence-corrected chi connectivity index (χ2v) is 8.24. The zero-order valence-corrected chi connectivity index (χ0v) is 18.3. The second-order valence-electron chi connectivity index (χ2n) is 7.29. The fourth-order valence-corrected chi connectivity index (χ4v) is 3.73. The van der Waals surface area contributed by atoms with E-state index in [0.717, 1.165) is 28.1 Å². The van der Waals surface area contributed by atoms with Crippen molar-refractivity contribution in [2.24, 2.45) is 0 Å². The molecule has 2 heterocycles. The number of aromatic nitrogens is 5. The molecule has 0 unspecified atom stereocenters. The maximum atomic E-state index is 12.4. The van der Waals surface area contributed by atoms with Gasteiger partial charge in [-0.05, 0) is 44.0 Å². The van der Waals surface area contributed by atoms with E-state index in [1.165, 1.54) is 22.0 Å². The zero-order chi connectivity index (χ0) is 22.0. The maximum absolute atomic E-state index is 12.4. The number of amides is 1. The lowest BCUT2D eigenvalue weighted by molar-refractivity contribution is -0.113. The van der Waals surface area contributed by atoms with Crippen molar-refractivity contribution in [3.05, 3.63) is 65.2 Å². The van der Waals surface area contributed by atoms with Crippen LogP contribution < -0.4 is 11.2 Å². The highest BCUT2D eigenvalue weighted by atomic mass is 32.2. The number of carbonyl (C=O) groups excluding carboxylic acids is 1. The number of benzene rings is 2. The first-order valence-corrected chi connectivity index (χ1v) is 10.7. The molecular weight excluding hydrogens is 410 g/mol. The Morgan fingerprint density at radius 3 is 2.68 bits per heavy atom. The minimum atomic E-state index is -0.133. The van der Waals surface area contributed by atoms with Crippen LogP contribution in [-0.4, -0.2) is 36.7 Å². The number of hydrogen-bond acceptors (Lipinski definition) is 6. The van der Waals surface area contributed by atoms with Gasteiger partial charge in [0.25, 0.3) is 0 Å². The van der Waals surface area contributed by atoms with Crippen molar-refractivity contribution >= 4 is 23.4 Å². The van der Waals surface area contributed by atoms with Crippen LogP contribution in [0.5, 0.6) is 0 Å². The summed E-state index contributed by atoms with van der Waals surface area (Å²) in [5, 5.41) is 19.0. The molecule has 0 spiro atoms. The maximum Gasteiger partial charge on any atom is 0.234 e. The number of hydrogen-bond donors (Lipinski definition) is 3. The van der Waals surface area contributed by atoms with Crippen LogP contribution in [0.4, 0.5) is 5.69 Å². The van der Waals surface area contributed by atoms with E-state index in [2.05, 4.69) is 25.7 Å². The monoisotopic (exact) mass is 433 g/mol. The Balaban J connectivity index is 1.43. The highest BCUT2D eigenvalue weighted by Gasteiger charge is 2.16. The molecule has 8 nitrogen and oxygen atoms in total. The molecule has 0 aliphatic heterocycles. The van der Waals surface area contributed by atoms with Crippen molar-refractivity contribution in [1.82, 2.24) is 25.1 Å². The zero-order valence-electron chi connectivity index (χ0n) is 17.5. The standard InChI is InChI=1S/C22H23N7OS/c1-13-7-9-16(10-8-13)18-11-19(26-25-18)21-27-28-22(29(21)23)31-12-20(30)24-17-6-4-5-14(2)15(17)3/h4-11H,12,23H2,1-3H3,(H,24,30)(H,25,26). The van der Waals surface area contributed by atoms with Crippen LogP contribution in [-0.2, 0) is 4.79 Å². The molecule has 1 amide bonds. The van der Waals surface area contributed by atoms with Gasteiger partial charge in [-0.3, -0.25) is 9.89 Å². The molecule has 0 bridgehead atoms.